The van der Waals surface area contributed by atoms with Gasteiger partial charge in [-0.3, -0.25) is 4.79 Å². The molecule has 1 amide bonds. The van der Waals surface area contributed by atoms with Crippen molar-refractivity contribution < 1.29 is 9.21 Å². The molecule has 136 valence electrons. The summed E-state index contributed by atoms with van der Waals surface area (Å²) in [6.45, 7) is 3.68. The Bertz CT molecular complexity index is 648. The standard InChI is InChI=1S/C19H28N4O2/c1-12(17(24)23-8-6-19(4-5-19)7-9-23)20-18-22-21-16(25-18)15-10-14(11-15)13-2-3-13/h12-15H,2-11H2,1H3,(H,20,22)/t12-,14-,15+/m1/s1. The fourth-order valence-electron chi connectivity index (χ4n) is 4.67. The van der Waals surface area contributed by atoms with Gasteiger partial charge >= 0.3 is 6.01 Å². The lowest BCUT2D eigenvalue weighted by Gasteiger charge is -2.33. The van der Waals surface area contributed by atoms with Crippen molar-refractivity contribution in [1.82, 2.24) is 15.1 Å². The summed E-state index contributed by atoms with van der Waals surface area (Å²) in [7, 11) is 0. The fraction of sp³-hybridized carbons (Fsp3) is 0.842. The molecule has 6 heteroatoms. The SMILES string of the molecule is C[C@@H](Nc1nnc([C@H]2C[C@@H](C3CC3)C2)o1)C(=O)N1CCC2(CC1)CC2. The lowest BCUT2D eigenvalue weighted by Crippen LogP contribution is -2.45. The van der Waals surface area contributed by atoms with E-state index >= 15 is 0 Å². The monoisotopic (exact) mass is 344 g/mol. The summed E-state index contributed by atoms with van der Waals surface area (Å²) in [5.41, 5.74) is 0.593. The maximum Gasteiger partial charge on any atom is 0.316 e. The van der Waals surface area contributed by atoms with Crippen LogP contribution in [0.3, 0.4) is 0 Å². The van der Waals surface area contributed by atoms with E-state index in [1.807, 2.05) is 11.8 Å². The van der Waals surface area contributed by atoms with Crippen LogP contribution in [0, 0.1) is 17.3 Å². The zero-order chi connectivity index (χ0) is 17.0. The third kappa shape index (κ3) is 3.04. The topological polar surface area (TPSA) is 71.3 Å². The van der Waals surface area contributed by atoms with Crippen LogP contribution < -0.4 is 5.32 Å². The lowest BCUT2D eigenvalue weighted by molar-refractivity contribution is -0.133. The number of piperidine rings is 1. The minimum atomic E-state index is -0.317. The lowest BCUT2D eigenvalue weighted by atomic mass is 9.72. The number of carbonyl (C=O) groups excluding carboxylic acids is 1. The minimum Gasteiger partial charge on any atom is -0.408 e. The molecule has 1 aromatic rings. The van der Waals surface area contributed by atoms with Crippen LogP contribution in [0.15, 0.2) is 4.42 Å². The first-order valence-electron chi connectivity index (χ1n) is 10.0. The second-order valence-electron chi connectivity index (χ2n) is 8.90. The third-order valence-corrected chi connectivity index (χ3v) is 7.06. The highest BCUT2D eigenvalue weighted by Crippen LogP contribution is 2.54. The van der Waals surface area contributed by atoms with Crippen LogP contribution in [0.1, 0.15) is 70.1 Å². The first kappa shape index (κ1) is 15.6. The molecule has 0 unspecified atom stereocenters. The number of nitrogens with one attached hydrogen (secondary N) is 1. The molecule has 0 radical (unpaired) electrons. The van der Waals surface area contributed by atoms with Crippen LogP contribution >= 0.6 is 0 Å². The van der Waals surface area contributed by atoms with Crippen LogP contribution in [0.4, 0.5) is 6.01 Å². The second kappa shape index (κ2) is 5.71. The number of anilines is 1. The Hall–Kier alpha value is -1.59. The summed E-state index contributed by atoms with van der Waals surface area (Å²) >= 11 is 0. The molecule has 4 fully saturated rings. The Morgan fingerprint density at radius 2 is 1.88 bits per heavy atom. The maximum absolute atomic E-state index is 12.6. The Kier molecular flexibility index (Phi) is 3.57. The summed E-state index contributed by atoms with van der Waals surface area (Å²) < 4.78 is 5.78. The number of carbonyl (C=O) groups is 1. The van der Waals surface area contributed by atoms with Crippen LogP contribution in [0.5, 0.6) is 0 Å². The van der Waals surface area contributed by atoms with Crippen molar-refractivity contribution in [1.29, 1.82) is 0 Å². The van der Waals surface area contributed by atoms with Gasteiger partial charge in [0.1, 0.15) is 6.04 Å². The molecule has 1 aromatic heterocycles. The van der Waals surface area contributed by atoms with Crippen LogP contribution in [-0.4, -0.2) is 40.1 Å². The van der Waals surface area contributed by atoms with Gasteiger partial charge in [-0.1, -0.05) is 5.10 Å². The average Bonchev–Trinajstić information content (AvgIpc) is 3.49. The van der Waals surface area contributed by atoms with Crippen LogP contribution in [-0.2, 0) is 4.79 Å². The van der Waals surface area contributed by atoms with E-state index in [9.17, 15) is 4.79 Å². The summed E-state index contributed by atoms with van der Waals surface area (Å²) in [4.78, 5) is 14.6. The number of aromatic nitrogens is 2. The maximum atomic E-state index is 12.6. The van der Waals surface area contributed by atoms with Crippen molar-refractivity contribution in [2.45, 2.75) is 70.3 Å². The van der Waals surface area contributed by atoms with E-state index in [4.69, 9.17) is 4.42 Å². The molecule has 6 nitrogen and oxygen atoms in total. The largest absolute Gasteiger partial charge is 0.408 e. The summed E-state index contributed by atoms with van der Waals surface area (Å²) in [5.74, 6) is 3.16. The van der Waals surface area contributed by atoms with Gasteiger partial charge in [-0.25, -0.2) is 0 Å². The van der Waals surface area contributed by atoms with E-state index in [-0.39, 0.29) is 11.9 Å². The van der Waals surface area contributed by atoms with Crippen LogP contribution in [0.25, 0.3) is 0 Å². The van der Waals surface area contributed by atoms with Crippen molar-refractivity contribution >= 4 is 11.9 Å². The fourth-order valence-corrected chi connectivity index (χ4v) is 4.67. The molecule has 3 aliphatic carbocycles. The van der Waals surface area contributed by atoms with E-state index in [0.29, 0.717) is 17.3 Å². The molecule has 0 aromatic carbocycles. The molecular formula is C19H28N4O2. The Morgan fingerprint density at radius 1 is 1.16 bits per heavy atom. The van der Waals surface area contributed by atoms with Crippen molar-refractivity contribution in [3.8, 4) is 0 Å². The molecule has 25 heavy (non-hydrogen) atoms. The van der Waals surface area contributed by atoms with Gasteiger partial charge in [0.15, 0.2) is 0 Å². The minimum absolute atomic E-state index is 0.146. The molecule has 1 N–H and O–H groups in total. The van der Waals surface area contributed by atoms with Gasteiger partial charge in [0.2, 0.25) is 11.8 Å². The third-order valence-electron chi connectivity index (χ3n) is 7.06. The van der Waals surface area contributed by atoms with E-state index < -0.39 is 0 Å². The first-order valence-corrected chi connectivity index (χ1v) is 10.0. The van der Waals surface area contributed by atoms with Gasteiger partial charge < -0.3 is 14.6 Å². The molecule has 3 saturated carbocycles. The molecule has 1 saturated heterocycles. The zero-order valence-electron chi connectivity index (χ0n) is 15.0. The van der Waals surface area contributed by atoms with Gasteiger partial charge in [-0.15, -0.1) is 5.10 Å². The number of amides is 1. The first-order chi connectivity index (χ1) is 12.1. The molecule has 4 aliphatic rings. The van der Waals surface area contributed by atoms with Crippen molar-refractivity contribution in [3.63, 3.8) is 0 Å². The average molecular weight is 344 g/mol. The van der Waals surface area contributed by atoms with E-state index in [2.05, 4.69) is 15.5 Å². The summed E-state index contributed by atoms with van der Waals surface area (Å²) in [6, 6.07) is 0.0727. The highest BCUT2D eigenvalue weighted by atomic mass is 16.4. The second-order valence-corrected chi connectivity index (χ2v) is 8.90. The van der Waals surface area contributed by atoms with Crippen molar-refractivity contribution in [2.24, 2.45) is 17.3 Å². The smallest absolute Gasteiger partial charge is 0.316 e. The molecule has 1 aliphatic heterocycles. The molecule has 2 heterocycles. The van der Waals surface area contributed by atoms with Crippen LogP contribution in [0.2, 0.25) is 0 Å². The number of nitrogens with zero attached hydrogens (tertiary/aromatic N) is 3. The highest BCUT2D eigenvalue weighted by Gasteiger charge is 2.45. The normalized spacial score (nSPS) is 31.5. The van der Waals surface area contributed by atoms with E-state index in [1.54, 1.807) is 0 Å². The van der Waals surface area contributed by atoms with Crippen molar-refractivity contribution in [3.05, 3.63) is 5.89 Å². The van der Waals surface area contributed by atoms with E-state index in [1.165, 1.54) is 51.4 Å². The summed E-state index contributed by atoms with van der Waals surface area (Å²) in [5, 5.41) is 11.4. The number of hydrogen-bond donors (Lipinski definition) is 1. The van der Waals surface area contributed by atoms with Gasteiger partial charge in [-0.2, -0.15) is 0 Å². The molecule has 1 spiro atoms. The molecule has 1 atom stereocenters. The summed E-state index contributed by atoms with van der Waals surface area (Å²) in [6.07, 6.45) is 10.2. The van der Waals surface area contributed by atoms with Gasteiger partial charge in [-0.05, 0) is 75.5 Å². The predicted octanol–water partition coefficient (Wildman–Crippen LogP) is 3.18. The Balaban J connectivity index is 1.13. The van der Waals surface area contributed by atoms with Gasteiger partial charge in [0, 0.05) is 19.0 Å². The van der Waals surface area contributed by atoms with Gasteiger partial charge in [0.25, 0.3) is 0 Å². The molecule has 5 rings (SSSR count). The Morgan fingerprint density at radius 3 is 2.52 bits per heavy atom. The van der Waals surface area contributed by atoms with Gasteiger partial charge in [0.05, 0.1) is 0 Å². The quantitative estimate of drug-likeness (QED) is 0.888. The number of likely N-dealkylation sites (tertiary alicyclic amines) is 1. The predicted molar refractivity (Wildman–Crippen MR) is 93.1 cm³/mol. The molecule has 0 bridgehead atoms. The number of rotatable bonds is 5. The highest BCUT2D eigenvalue weighted by molar-refractivity contribution is 5.83. The molecular weight excluding hydrogens is 316 g/mol. The van der Waals surface area contributed by atoms with E-state index in [0.717, 1.165) is 30.8 Å². The zero-order valence-corrected chi connectivity index (χ0v) is 15.0. The number of hydrogen-bond acceptors (Lipinski definition) is 5. The Labute approximate surface area is 148 Å². The van der Waals surface area contributed by atoms with Crippen molar-refractivity contribution in [2.75, 3.05) is 18.4 Å².